The predicted octanol–water partition coefficient (Wildman–Crippen LogP) is 3.59. The number of morpholine rings is 1. The minimum atomic E-state index is -0.300. The van der Waals surface area contributed by atoms with Crippen molar-refractivity contribution in [2.45, 2.75) is 13.0 Å². The molecule has 0 aliphatic carbocycles. The van der Waals surface area contributed by atoms with Gasteiger partial charge in [-0.05, 0) is 41.3 Å². The standard InChI is InChI=1S/C26H28N4O4S/c31-24(8-10-30-11-13-34-14-12-30)28-21-5-3-4-19(16-21)17-27-26(33)22-6-1-2-7-23(22)29-25(32)20-9-15-35-18-20/h1-7,9,15-16,18H,8,10-14,17H2,(H,27,33)(H,28,31)(H,29,32). The van der Waals surface area contributed by atoms with Crippen molar-refractivity contribution in [2.75, 3.05) is 43.5 Å². The van der Waals surface area contributed by atoms with E-state index in [0.29, 0.717) is 48.7 Å². The summed E-state index contributed by atoms with van der Waals surface area (Å²) >= 11 is 1.44. The first-order valence-electron chi connectivity index (χ1n) is 11.5. The molecule has 1 aliphatic heterocycles. The van der Waals surface area contributed by atoms with E-state index < -0.39 is 0 Å². The Labute approximate surface area is 208 Å². The molecule has 0 spiro atoms. The molecule has 4 rings (SSSR count). The number of nitrogens with zero attached hydrogens (tertiary/aromatic N) is 1. The minimum absolute atomic E-state index is 0.0482. The topological polar surface area (TPSA) is 99.8 Å². The lowest BCUT2D eigenvalue weighted by molar-refractivity contribution is -0.116. The lowest BCUT2D eigenvalue weighted by Crippen LogP contribution is -2.38. The van der Waals surface area contributed by atoms with Crippen molar-refractivity contribution in [3.05, 3.63) is 82.0 Å². The van der Waals surface area contributed by atoms with Gasteiger partial charge in [0.1, 0.15) is 0 Å². The van der Waals surface area contributed by atoms with Gasteiger partial charge >= 0.3 is 0 Å². The summed E-state index contributed by atoms with van der Waals surface area (Å²) in [6, 6.07) is 16.0. The second-order valence-corrected chi connectivity index (χ2v) is 8.93. The molecule has 0 unspecified atom stereocenters. The molecular weight excluding hydrogens is 464 g/mol. The van der Waals surface area contributed by atoms with Crippen LogP contribution in [0.25, 0.3) is 0 Å². The van der Waals surface area contributed by atoms with Crippen molar-refractivity contribution in [1.82, 2.24) is 10.2 Å². The highest BCUT2D eigenvalue weighted by atomic mass is 32.1. The first kappa shape index (κ1) is 24.6. The van der Waals surface area contributed by atoms with Crippen molar-refractivity contribution in [3.8, 4) is 0 Å². The number of hydrogen-bond acceptors (Lipinski definition) is 6. The van der Waals surface area contributed by atoms with Gasteiger partial charge in [0.25, 0.3) is 11.8 Å². The first-order chi connectivity index (χ1) is 17.1. The van der Waals surface area contributed by atoms with Crippen LogP contribution < -0.4 is 16.0 Å². The Balaban J connectivity index is 1.30. The molecule has 3 amide bonds. The predicted molar refractivity (Wildman–Crippen MR) is 137 cm³/mol. The fourth-order valence-electron chi connectivity index (χ4n) is 3.72. The Hall–Kier alpha value is -3.53. The van der Waals surface area contributed by atoms with Crippen LogP contribution in [-0.4, -0.2) is 55.5 Å². The van der Waals surface area contributed by atoms with Crippen molar-refractivity contribution >= 4 is 40.4 Å². The molecule has 0 saturated carbocycles. The number of hydrogen-bond donors (Lipinski definition) is 3. The average molecular weight is 493 g/mol. The smallest absolute Gasteiger partial charge is 0.256 e. The van der Waals surface area contributed by atoms with E-state index in [4.69, 9.17) is 4.74 Å². The normalized spacial score (nSPS) is 13.7. The zero-order valence-corrected chi connectivity index (χ0v) is 20.1. The lowest BCUT2D eigenvalue weighted by Gasteiger charge is -2.26. The van der Waals surface area contributed by atoms with Crippen LogP contribution >= 0.6 is 11.3 Å². The van der Waals surface area contributed by atoms with Crippen LogP contribution in [0.4, 0.5) is 11.4 Å². The van der Waals surface area contributed by atoms with Gasteiger partial charge in [0.05, 0.1) is 30.0 Å². The fraction of sp³-hybridized carbons (Fsp3) is 0.269. The molecule has 8 nitrogen and oxygen atoms in total. The number of carbonyl (C=O) groups is 3. The van der Waals surface area contributed by atoms with E-state index >= 15 is 0 Å². The summed E-state index contributed by atoms with van der Waals surface area (Å²) in [4.78, 5) is 39.8. The van der Waals surface area contributed by atoms with Crippen molar-refractivity contribution in [2.24, 2.45) is 0 Å². The Morgan fingerprint density at radius 3 is 2.57 bits per heavy atom. The Morgan fingerprint density at radius 2 is 1.77 bits per heavy atom. The van der Waals surface area contributed by atoms with Crippen molar-refractivity contribution in [3.63, 3.8) is 0 Å². The van der Waals surface area contributed by atoms with Gasteiger partial charge in [0.2, 0.25) is 5.91 Å². The van der Waals surface area contributed by atoms with Crippen LogP contribution in [0.15, 0.2) is 65.4 Å². The van der Waals surface area contributed by atoms with E-state index in [-0.39, 0.29) is 24.3 Å². The SMILES string of the molecule is O=C(CCN1CCOCC1)Nc1cccc(CNC(=O)c2ccccc2NC(=O)c2ccsc2)c1. The lowest BCUT2D eigenvalue weighted by atomic mass is 10.1. The highest BCUT2D eigenvalue weighted by molar-refractivity contribution is 7.08. The summed E-state index contributed by atoms with van der Waals surface area (Å²) in [5.41, 5.74) is 2.91. The fourth-order valence-corrected chi connectivity index (χ4v) is 4.36. The van der Waals surface area contributed by atoms with Crippen LogP contribution in [-0.2, 0) is 16.1 Å². The molecule has 1 aliphatic rings. The molecule has 0 atom stereocenters. The quantitative estimate of drug-likeness (QED) is 0.424. The highest BCUT2D eigenvalue weighted by Gasteiger charge is 2.15. The zero-order valence-electron chi connectivity index (χ0n) is 19.3. The van der Waals surface area contributed by atoms with Gasteiger partial charge in [0, 0.05) is 43.7 Å². The second kappa shape index (κ2) is 12.3. The molecular formula is C26H28N4O4S. The number of para-hydroxylation sites is 1. The Morgan fingerprint density at radius 1 is 0.943 bits per heavy atom. The van der Waals surface area contributed by atoms with Gasteiger partial charge in [-0.15, -0.1) is 0 Å². The van der Waals surface area contributed by atoms with Crippen LogP contribution in [0.2, 0.25) is 0 Å². The maximum atomic E-state index is 12.9. The number of amides is 3. The molecule has 9 heteroatoms. The highest BCUT2D eigenvalue weighted by Crippen LogP contribution is 2.18. The first-order valence-corrected chi connectivity index (χ1v) is 12.4. The number of nitrogens with one attached hydrogen (secondary N) is 3. The summed E-state index contributed by atoms with van der Waals surface area (Å²) in [5.74, 6) is -0.609. The van der Waals surface area contributed by atoms with Gasteiger partial charge in [-0.3, -0.25) is 19.3 Å². The molecule has 1 aromatic heterocycles. The van der Waals surface area contributed by atoms with Gasteiger partial charge in [-0.25, -0.2) is 0 Å². The van der Waals surface area contributed by atoms with Gasteiger partial charge < -0.3 is 20.7 Å². The van der Waals surface area contributed by atoms with Crippen molar-refractivity contribution < 1.29 is 19.1 Å². The Bertz CT molecular complexity index is 1160. The van der Waals surface area contributed by atoms with Gasteiger partial charge in [0.15, 0.2) is 0 Å². The third kappa shape index (κ3) is 7.22. The molecule has 3 N–H and O–H groups in total. The van der Waals surface area contributed by atoms with E-state index in [2.05, 4.69) is 20.9 Å². The molecule has 1 fully saturated rings. The third-order valence-corrected chi connectivity index (χ3v) is 6.31. The average Bonchev–Trinajstić information content (AvgIpc) is 3.43. The number of benzene rings is 2. The zero-order chi connectivity index (χ0) is 24.5. The Kier molecular flexibility index (Phi) is 8.61. The molecule has 2 heterocycles. The van der Waals surface area contributed by atoms with Crippen LogP contribution in [0, 0.1) is 0 Å². The monoisotopic (exact) mass is 492 g/mol. The molecule has 2 aromatic carbocycles. The van der Waals surface area contributed by atoms with E-state index in [1.807, 2.05) is 29.6 Å². The van der Waals surface area contributed by atoms with Crippen LogP contribution in [0.3, 0.4) is 0 Å². The number of carbonyl (C=O) groups excluding carboxylic acids is 3. The van der Waals surface area contributed by atoms with Crippen LogP contribution in [0.5, 0.6) is 0 Å². The molecule has 35 heavy (non-hydrogen) atoms. The molecule has 1 saturated heterocycles. The molecule has 3 aromatic rings. The molecule has 0 bridgehead atoms. The largest absolute Gasteiger partial charge is 0.379 e. The number of thiophene rings is 1. The summed E-state index contributed by atoms with van der Waals surface area (Å²) in [7, 11) is 0. The molecule has 0 radical (unpaired) electrons. The van der Waals surface area contributed by atoms with Gasteiger partial charge in [-0.1, -0.05) is 24.3 Å². The van der Waals surface area contributed by atoms with Crippen LogP contribution in [0.1, 0.15) is 32.7 Å². The number of rotatable bonds is 9. The summed E-state index contributed by atoms with van der Waals surface area (Å²) in [6.45, 7) is 4.10. The van der Waals surface area contributed by atoms with E-state index in [0.717, 1.165) is 18.7 Å². The minimum Gasteiger partial charge on any atom is -0.379 e. The van der Waals surface area contributed by atoms with Crippen molar-refractivity contribution in [1.29, 1.82) is 0 Å². The van der Waals surface area contributed by atoms with E-state index in [9.17, 15) is 14.4 Å². The summed E-state index contributed by atoms with van der Waals surface area (Å²) in [5, 5.41) is 12.2. The molecule has 182 valence electrons. The summed E-state index contributed by atoms with van der Waals surface area (Å²) < 4.78 is 5.33. The van der Waals surface area contributed by atoms with E-state index in [1.54, 1.807) is 35.7 Å². The second-order valence-electron chi connectivity index (χ2n) is 8.15. The summed E-state index contributed by atoms with van der Waals surface area (Å²) in [6.07, 6.45) is 0.412. The van der Waals surface area contributed by atoms with E-state index in [1.165, 1.54) is 11.3 Å². The number of anilines is 2. The number of ether oxygens (including phenoxy) is 1. The third-order valence-electron chi connectivity index (χ3n) is 5.63. The maximum absolute atomic E-state index is 12.9. The maximum Gasteiger partial charge on any atom is 0.256 e. The van der Waals surface area contributed by atoms with Gasteiger partial charge in [-0.2, -0.15) is 11.3 Å².